The highest BCUT2D eigenvalue weighted by atomic mass is 16.5. The first-order chi connectivity index (χ1) is 14.0. The van der Waals surface area contributed by atoms with Crippen molar-refractivity contribution in [3.05, 3.63) is 71.5 Å². The van der Waals surface area contributed by atoms with Gasteiger partial charge >= 0.3 is 0 Å². The van der Waals surface area contributed by atoms with Gasteiger partial charge in [0, 0.05) is 41.7 Å². The number of hydrogen-bond donors (Lipinski definition) is 2. The van der Waals surface area contributed by atoms with Crippen molar-refractivity contribution in [2.75, 3.05) is 28.6 Å². The van der Waals surface area contributed by atoms with Crippen LogP contribution in [-0.4, -0.2) is 30.1 Å². The summed E-state index contributed by atoms with van der Waals surface area (Å²) >= 11 is 0. The summed E-state index contributed by atoms with van der Waals surface area (Å²) in [5.41, 5.74) is 2.55. The molecule has 7 heteroatoms. The predicted octanol–water partition coefficient (Wildman–Crippen LogP) is 4.33. The summed E-state index contributed by atoms with van der Waals surface area (Å²) in [7, 11) is 0. The minimum Gasteiger partial charge on any atom is -0.372 e. The van der Waals surface area contributed by atoms with Crippen molar-refractivity contribution in [1.29, 1.82) is 0 Å². The Balaban J connectivity index is 1.68. The van der Waals surface area contributed by atoms with Gasteiger partial charge in [-0.25, -0.2) is 0 Å². The van der Waals surface area contributed by atoms with Crippen molar-refractivity contribution in [3.63, 3.8) is 0 Å². The van der Waals surface area contributed by atoms with Gasteiger partial charge in [-0.3, -0.25) is 9.59 Å². The number of nitrogens with zero attached hydrogens (tertiary/aromatic N) is 2. The number of amides is 2. The highest BCUT2D eigenvalue weighted by Gasteiger charge is 2.13. The molecule has 0 fully saturated rings. The van der Waals surface area contributed by atoms with Crippen LogP contribution in [0.15, 0.2) is 59.1 Å². The zero-order chi connectivity index (χ0) is 20.8. The topological polar surface area (TPSA) is 87.5 Å². The average Bonchev–Trinajstić information content (AvgIpc) is 3.14. The third kappa shape index (κ3) is 5.01. The lowest BCUT2D eigenvalue weighted by Gasteiger charge is -2.21. The Morgan fingerprint density at radius 2 is 1.55 bits per heavy atom. The van der Waals surface area contributed by atoms with Gasteiger partial charge in [-0.1, -0.05) is 11.2 Å². The average molecular weight is 392 g/mol. The maximum Gasteiger partial charge on any atom is 0.256 e. The van der Waals surface area contributed by atoms with Crippen LogP contribution >= 0.6 is 0 Å². The molecule has 0 saturated carbocycles. The molecule has 29 heavy (non-hydrogen) atoms. The van der Waals surface area contributed by atoms with Crippen LogP contribution in [0, 0.1) is 6.92 Å². The number of anilines is 3. The number of nitrogens with one attached hydrogen (secondary N) is 2. The number of benzene rings is 2. The number of carbonyl (C=O) groups excluding carboxylic acids is 2. The standard InChI is InChI=1S/C22H24N4O3/c1-4-26(5-2)19-11-9-18(10-12-19)23-21(27)16-7-6-8-17(14-16)22(28)24-20-13-15(3)29-25-20/h6-14H,4-5H2,1-3H3,(H,23,27)(H,24,25,28). The highest BCUT2D eigenvalue weighted by Crippen LogP contribution is 2.19. The summed E-state index contributed by atoms with van der Waals surface area (Å²) in [5, 5.41) is 9.24. The van der Waals surface area contributed by atoms with E-state index in [1.807, 2.05) is 24.3 Å². The molecule has 0 aliphatic carbocycles. The number of hydrogen-bond acceptors (Lipinski definition) is 5. The van der Waals surface area contributed by atoms with E-state index in [9.17, 15) is 9.59 Å². The molecule has 150 valence electrons. The van der Waals surface area contributed by atoms with Crippen molar-refractivity contribution >= 4 is 29.0 Å². The second kappa shape index (κ2) is 9.05. The quantitative estimate of drug-likeness (QED) is 0.625. The lowest BCUT2D eigenvalue weighted by atomic mass is 10.1. The monoisotopic (exact) mass is 392 g/mol. The number of aromatic nitrogens is 1. The first kappa shape index (κ1) is 20.1. The summed E-state index contributed by atoms with van der Waals surface area (Å²) < 4.78 is 4.94. The third-order valence-electron chi connectivity index (χ3n) is 4.51. The zero-order valence-electron chi connectivity index (χ0n) is 16.7. The van der Waals surface area contributed by atoms with Crippen molar-refractivity contribution in [2.24, 2.45) is 0 Å². The van der Waals surface area contributed by atoms with E-state index >= 15 is 0 Å². The van der Waals surface area contributed by atoms with Gasteiger partial charge in [0.2, 0.25) is 0 Å². The molecule has 3 rings (SSSR count). The smallest absolute Gasteiger partial charge is 0.256 e. The van der Waals surface area contributed by atoms with Gasteiger partial charge in [0.05, 0.1) is 0 Å². The molecule has 0 spiro atoms. The molecular weight excluding hydrogens is 368 g/mol. The molecule has 0 saturated heterocycles. The third-order valence-corrected chi connectivity index (χ3v) is 4.51. The molecule has 0 bridgehead atoms. The molecule has 0 aliphatic rings. The van der Waals surface area contributed by atoms with E-state index in [1.165, 1.54) is 0 Å². The minimum atomic E-state index is -0.364. The summed E-state index contributed by atoms with van der Waals surface area (Å²) in [6, 6.07) is 15.8. The van der Waals surface area contributed by atoms with Gasteiger partial charge in [-0.2, -0.15) is 0 Å². The largest absolute Gasteiger partial charge is 0.372 e. The molecule has 0 radical (unpaired) electrons. The van der Waals surface area contributed by atoms with Crippen LogP contribution in [-0.2, 0) is 0 Å². The van der Waals surface area contributed by atoms with Gasteiger partial charge in [0.25, 0.3) is 11.8 Å². The van der Waals surface area contributed by atoms with Crippen LogP contribution in [0.5, 0.6) is 0 Å². The van der Waals surface area contributed by atoms with E-state index in [0.717, 1.165) is 18.8 Å². The molecule has 2 aromatic carbocycles. The first-order valence-electron chi connectivity index (χ1n) is 9.51. The Morgan fingerprint density at radius 3 is 2.10 bits per heavy atom. The van der Waals surface area contributed by atoms with Gasteiger partial charge < -0.3 is 20.1 Å². The van der Waals surface area contributed by atoms with E-state index in [-0.39, 0.29) is 11.8 Å². The van der Waals surface area contributed by atoms with Crippen LogP contribution in [0.4, 0.5) is 17.2 Å². The first-order valence-corrected chi connectivity index (χ1v) is 9.51. The maximum absolute atomic E-state index is 12.6. The van der Waals surface area contributed by atoms with Gasteiger partial charge in [-0.15, -0.1) is 0 Å². The molecule has 0 aliphatic heterocycles. The molecule has 1 heterocycles. The summed E-state index contributed by atoms with van der Waals surface area (Å²) in [6.45, 7) is 7.79. The van der Waals surface area contributed by atoms with Crippen molar-refractivity contribution in [3.8, 4) is 0 Å². The lowest BCUT2D eigenvalue weighted by Crippen LogP contribution is -2.21. The van der Waals surface area contributed by atoms with Crippen LogP contribution in [0.1, 0.15) is 40.3 Å². The molecule has 7 nitrogen and oxygen atoms in total. The van der Waals surface area contributed by atoms with Gasteiger partial charge in [0.15, 0.2) is 5.82 Å². The fraction of sp³-hybridized carbons (Fsp3) is 0.227. The maximum atomic E-state index is 12.6. The summed E-state index contributed by atoms with van der Waals surface area (Å²) in [4.78, 5) is 27.2. The van der Waals surface area contributed by atoms with Crippen LogP contribution < -0.4 is 15.5 Å². The molecular formula is C22H24N4O3. The Hall–Kier alpha value is -3.61. The molecule has 0 unspecified atom stereocenters. The number of aryl methyl sites for hydroxylation is 1. The molecule has 1 aromatic heterocycles. The van der Waals surface area contributed by atoms with Crippen LogP contribution in [0.2, 0.25) is 0 Å². The Labute approximate surface area is 169 Å². The zero-order valence-corrected chi connectivity index (χ0v) is 16.7. The molecule has 2 N–H and O–H groups in total. The van der Waals surface area contributed by atoms with Crippen LogP contribution in [0.3, 0.4) is 0 Å². The van der Waals surface area contributed by atoms with E-state index < -0.39 is 0 Å². The van der Waals surface area contributed by atoms with E-state index in [1.54, 1.807) is 37.3 Å². The van der Waals surface area contributed by atoms with Gasteiger partial charge in [-0.05, 0) is 63.2 Å². The lowest BCUT2D eigenvalue weighted by molar-refractivity contribution is 0.102. The Kier molecular flexibility index (Phi) is 6.29. The van der Waals surface area contributed by atoms with Crippen molar-refractivity contribution in [1.82, 2.24) is 5.16 Å². The Morgan fingerprint density at radius 1 is 0.931 bits per heavy atom. The van der Waals surface area contributed by atoms with Crippen LogP contribution in [0.25, 0.3) is 0 Å². The van der Waals surface area contributed by atoms with Gasteiger partial charge in [0.1, 0.15) is 5.76 Å². The van der Waals surface area contributed by atoms with E-state index in [2.05, 4.69) is 34.5 Å². The summed E-state index contributed by atoms with van der Waals surface area (Å²) in [5.74, 6) is 0.278. The second-order valence-corrected chi connectivity index (χ2v) is 6.53. The summed E-state index contributed by atoms with van der Waals surface area (Å²) in [6.07, 6.45) is 0. The highest BCUT2D eigenvalue weighted by molar-refractivity contribution is 6.08. The number of rotatable bonds is 7. The predicted molar refractivity (Wildman–Crippen MR) is 114 cm³/mol. The normalized spacial score (nSPS) is 10.4. The van der Waals surface area contributed by atoms with E-state index in [0.29, 0.717) is 28.4 Å². The fourth-order valence-electron chi connectivity index (χ4n) is 2.96. The minimum absolute atomic E-state index is 0.285. The SMILES string of the molecule is CCN(CC)c1ccc(NC(=O)c2cccc(C(=O)Nc3cc(C)on3)c2)cc1. The Bertz CT molecular complexity index is 991. The van der Waals surface area contributed by atoms with Crippen molar-refractivity contribution < 1.29 is 14.1 Å². The van der Waals surface area contributed by atoms with E-state index in [4.69, 9.17) is 4.52 Å². The van der Waals surface area contributed by atoms with Crippen molar-refractivity contribution in [2.45, 2.75) is 20.8 Å². The molecule has 2 amide bonds. The second-order valence-electron chi connectivity index (χ2n) is 6.53. The molecule has 0 atom stereocenters. The molecule has 3 aromatic rings. The fourth-order valence-corrected chi connectivity index (χ4v) is 2.96. The number of carbonyl (C=O) groups is 2.